The third kappa shape index (κ3) is 3.17. The molecule has 3 N–H and O–H groups in total. The summed E-state index contributed by atoms with van der Waals surface area (Å²) in [6.07, 6.45) is 1.27. The standard InChI is InChI=1S/C12H11ClFN3O3S/c1-17-6-8(2-3-11(17)18)16-21(19,20)10-5-7(15)4-9(13)12(10)14/h2-6,16H,15H2,1H3. The first-order valence-corrected chi connectivity index (χ1v) is 7.51. The Morgan fingerprint density at radius 1 is 1.33 bits per heavy atom. The van der Waals surface area contributed by atoms with Gasteiger partial charge in [-0.3, -0.25) is 9.52 Å². The smallest absolute Gasteiger partial charge is 0.264 e. The molecule has 6 nitrogen and oxygen atoms in total. The summed E-state index contributed by atoms with van der Waals surface area (Å²) in [4.78, 5) is 10.6. The Labute approximate surface area is 125 Å². The van der Waals surface area contributed by atoms with Crippen LogP contribution in [-0.2, 0) is 17.1 Å². The van der Waals surface area contributed by atoms with E-state index in [9.17, 15) is 17.6 Å². The van der Waals surface area contributed by atoms with E-state index in [0.29, 0.717) is 0 Å². The van der Waals surface area contributed by atoms with Gasteiger partial charge in [-0.1, -0.05) is 11.6 Å². The Morgan fingerprint density at radius 3 is 2.62 bits per heavy atom. The minimum absolute atomic E-state index is 0.0160. The second-order valence-corrected chi connectivity index (χ2v) is 6.35. The van der Waals surface area contributed by atoms with E-state index in [-0.39, 0.29) is 16.9 Å². The highest BCUT2D eigenvalue weighted by molar-refractivity contribution is 7.92. The molecule has 0 saturated carbocycles. The van der Waals surface area contributed by atoms with E-state index in [2.05, 4.69) is 4.72 Å². The molecule has 0 unspecified atom stereocenters. The summed E-state index contributed by atoms with van der Waals surface area (Å²) in [5.41, 5.74) is 5.29. The van der Waals surface area contributed by atoms with Crippen LogP contribution in [0.3, 0.4) is 0 Å². The summed E-state index contributed by atoms with van der Waals surface area (Å²) in [7, 11) is -2.77. The van der Waals surface area contributed by atoms with Crippen LogP contribution in [0.15, 0.2) is 40.2 Å². The van der Waals surface area contributed by atoms with Crippen LogP contribution >= 0.6 is 11.6 Å². The first-order valence-electron chi connectivity index (χ1n) is 5.65. The largest absolute Gasteiger partial charge is 0.399 e. The molecule has 9 heteroatoms. The maximum Gasteiger partial charge on any atom is 0.264 e. The highest BCUT2D eigenvalue weighted by atomic mass is 35.5. The van der Waals surface area contributed by atoms with Crippen molar-refractivity contribution >= 4 is 33.0 Å². The number of nitrogens with one attached hydrogen (secondary N) is 1. The van der Waals surface area contributed by atoms with Gasteiger partial charge in [0.1, 0.15) is 4.90 Å². The molecule has 2 aromatic rings. The van der Waals surface area contributed by atoms with Crippen LogP contribution < -0.4 is 16.0 Å². The van der Waals surface area contributed by atoms with Crippen molar-refractivity contribution < 1.29 is 12.8 Å². The van der Waals surface area contributed by atoms with Gasteiger partial charge >= 0.3 is 0 Å². The molecule has 0 radical (unpaired) electrons. The van der Waals surface area contributed by atoms with Crippen molar-refractivity contribution in [3.63, 3.8) is 0 Å². The molecule has 0 saturated heterocycles. The fourth-order valence-electron chi connectivity index (χ4n) is 1.64. The van der Waals surface area contributed by atoms with E-state index < -0.39 is 25.8 Å². The average molecular weight is 332 g/mol. The molecule has 112 valence electrons. The SMILES string of the molecule is Cn1cc(NS(=O)(=O)c2cc(N)cc(Cl)c2F)ccc1=O. The lowest BCUT2D eigenvalue weighted by molar-refractivity contribution is 0.571. The van der Waals surface area contributed by atoms with Gasteiger partial charge < -0.3 is 10.3 Å². The van der Waals surface area contributed by atoms with Crippen molar-refractivity contribution in [1.29, 1.82) is 0 Å². The molecule has 1 aromatic carbocycles. The molecule has 1 aromatic heterocycles. The van der Waals surface area contributed by atoms with Crippen molar-refractivity contribution in [2.75, 3.05) is 10.5 Å². The van der Waals surface area contributed by atoms with Crippen molar-refractivity contribution in [3.05, 3.63) is 51.7 Å². The number of pyridine rings is 1. The van der Waals surface area contributed by atoms with Crippen LogP contribution in [0.5, 0.6) is 0 Å². The van der Waals surface area contributed by atoms with E-state index in [1.165, 1.54) is 29.9 Å². The van der Waals surface area contributed by atoms with E-state index in [4.69, 9.17) is 17.3 Å². The lowest BCUT2D eigenvalue weighted by Gasteiger charge is -2.11. The predicted molar refractivity (Wildman–Crippen MR) is 78.3 cm³/mol. The van der Waals surface area contributed by atoms with Crippen LogP contribution in [-0.4, -0.2) is 13.0 Å². The highest BCUT2D eigenvalue weighted by Crippen LogP contribution is 2.27. The minimum atomic E-state index is -4.22. The number of hydrogen-bond acceptors (Lipinski definition) is 4. The molecular formula is C12H11ClFN3O3S. The number of nitrogens with two attached hydrogens (primary N) is 1. The fourth-order valence-corrected chi connectivity index (χ4v) is 3.11. The lowest BCUT2D eigenvalue weighted by atomic mass is 10.3. The Bertz CT molecular complexity index is 865. The van der Waals surface area contributed by atoms with Crippen molar-refractivity contribution in [2.24, 2.45) is 7.05 Å². The fraction of sp³-hybridized carbons (Fsp3) is 0.0833. The second kappa shape index (κ2) is 5.38. The summed E-state index contributed by atoms with van der Waals surface area (Å²) in [6.45, 7) is 0. The normalized spacial score (nSPS) is 11.4. The Kier molecular flexibility index (Phi) is 3.93. The number of nitrogen functional groups attached to an aromatic ring is 1. The van der Waals surface area contributed by atoms with E-state index in [0.717, 1.165) is 12.1 Å². The van der Waals surface area contributed by atoms with Gasteiger partial charge in [0.15, 0.2) is 5.82 Å². The van der Waals surface area contributed by atoms with Crippen LogP contribution in [0.1, 0.15) is 0 Å². The molecule has 0 bridgehead atoms. The summed E-state index contributed by atoms with van der Waals surface area (Å²) >= 11 is 5.58. The maximum atomic E-state index is 13.9. The van der Waals surface area contributed by atoms with Gasteiger partial charge in [-0.2, -0.15) is 0 Å². The first-order chi connectivity index (χ1) is 9.70. The monoisotopic (exact) mass is 331 g/mol. The number of benzene rings is 1. The lowest BCUT2D eigenvalue weighted by Crippen LogP contribution is -2.19. The van der Waals surface area contributed by atoms with Crippen molar-refractivity contribution in [2.45, 2.75) is 4.90 Å². The van der Waals surface area contributed by atoms with Gasteiger partial charge in [0.05, 0.1) is 10.7 Å². The van der Waals surface area contributed by atoms with Crippen LogP contribution in [0.4, 0.5) is 15.8 Å². The van der Waals surface area contributed by atoms with Crippen LogP contribution in [0.2, 0.25) is 5.02 Å². The Hall–Kier alpha value is -2.06. The van der Waals surface area contributed by atoms with E-state index in [1.54, 1.807) is 0 Å². The number of hydrogen-bond donors (Lipinski definition) is 2. The van der Waals surface area contributed by atoms with Gasteiger partial charge in [0.25, 0.3) is 10.0 Å². The third-order valence-corrected chi connectivity index (χ3v) is 4.30. The summed E-state index contributed by atoms with van der Waals surface area (Å²) in [5.74, 6) is -1.09. The Balaban J connectivity index is 2.48. The molecule has 0 aliphatic rings. The van der Waals surface area contributed by atoms with Gasteiger partial charge in [-0.05, 0) is 18.2 Å². The van der Waals surface area contributed by atoms with Gasteiger partial charge in [-0.25, -0.2) is 12.8 Å². The van der Waals surface area contributed by atoms with Gasteiger partial charge in [-0.15, -0.1) is 0 Å². The molecule has 2 rings (SSSR count). The zero-order valence-corrected chi connectivity index (χ0v) is 12.4. The summed E-state index contributed by atoms with van der Waals surface area (Å²) in [6, 6.07) is 4.53. The molecule has 0 aliphatic carbocycles. The predicted octanol–water partition coefficient (Wildman–Crippen LogP) is 1.56. The van der Waals surface area contributed by atoms with Gasteiger partial charge in [0.2, 0.25) is 5.56 Å². The number of rotatable bonds is 3. The zero-order chi connectivity index (χ0) is 15.8. The zero-order valence-electron chi connectivity index (χ0n) is 10.8. The molecule has 1 heterocycles. The molecule has 0 aliphatic heterocycles. The first kappa shape index (κ1) is 15.3. The van der Waals surface area contributed by atoms with Crippen molar-refractivity contribution in [3.8, 4) is 0 Å². The molecule has 0 atom stereocenters. The molecule has 0 amide bonds. The molecule has 21 heavy (non-hydrogen) atoms. The number of halogens is 2. The molecular weight excluding hydrogens is 321 g/mol. The number of sulfonamides is 1. The minimum Gasteiger partial charge on any atom is -0.399 e. The van der Waals surface area contributed by atoms with Gasteiger partial charge in [0, 0.05) is 25.0 Å². The maximum absolute atomic E-state index is 13.9. The summed E-state index contributed by atoms with van der Waals surface area (Å²) < 4.78 is 41.5. The number of aromatic nitrogens is 1. The average Bonchev–Trinajstić information content (AvgIpc) is 2.37. The second-order valence-electron chi connectivity index (χ2n) is 4.29. The quantitative estimate of drug-likeness (QED) is 0.834. The highest BCUT2D eigenvalue weighted by Gasteiger charge is 2.22. The third-order valence-electron chi connectivity index (χ3n) is 2.64. The topological polar surface area (TPSA) is 94.2 Å². The van der Waals surface area contributed by atoms with E-state index in [1.807, 2.05) is 0 Å². The number of aryl methyl sites for hydroxylation is 1. The van der Waals surface area contributed by atoms with Crippen LogP contribution in [0.25, 0.3) is 0 Å². The summed E-state index contributed by atoms with van der Waals surface area (Å²) in [5, 5.41) is -0.393. The number of nitrogens with zero attached hydrogens (tertiary/aromatic N) is 1. The van der Waals surface area contributed by atoms with E-state index >= 15 is 0 Å². The van der Waals surface area contributed by atoms with Crippen molar-refractivity contribution in [1.82, 2.24) is 4.57 Å². The number of anilines is 2. The molecule has 0 fully saturated rings. The van der Waals surface area contributed by atoms with Crippen LogP contribution in [0, 0.1) is 5.82 Å². The molecule has 0 spiro atoms. The Morgan fingerprint density at radius 2 is 2.00 bits per heavy atom.